The van der Waals surface area contributed by atoms with Gasteiger partial charge >= 0.3 is 0 Å². The molecule has 2 fully saturated rings. The molecule has 1 aliphatic carbocycles. The highest BCUT2D eigenvalue weighted by molar-refractivity contribution is 14.0. The van der Waals surface area contributed by atoms with Crippen LogP contribution >= 0.6 is 24.0 Å². The summed E-state index contributed by atoms with van der Waals surface area (Å²) >= 11 is 0. The Bertz CT molecular complexity index is 707. The monoisotopic (exact) mass is 542 g/mol. The molecule has 0 bridgehead atoms. The van der Waals surface area contributed by atoms with E-state index < -0.39 is 0 Å². The van der Waals surface area contributed by atoms with Crippen molar-refractivity contribution in [3.05, 3.63) is 23.9 Å². The zero-order chi connectivity index (χ0) is 21.4. The van der Waals surface area contributed by atoms with Gasteiger partial charge in [-0.05, 0) is 37.3 Å². The molecule has 31 heavy (non-hydrogen) atoms. The van der Waals surface area contributed by atoms with Gasteiger partial charge in [0.1, 0.15) is 5.82 Å². The molecule has 174 valence electrons. The Hall–Kier alpha value is -1.58. The molecule has 3 rings (SSSR count). The van der Waals surface area contributed by atoms with Gasteiger partial charge in [-0.15, -0.1) is 24.0 Å². The number of amides is 1. The van der Waals surface area contributed by atoms with E-state index in [1.54, 1.807) is 11.9 Å². The lowest BCUT2D eigenvalue weighted by atomic mass is 9.84. The van der Waals surface area contributed by atoms with Gasteiger partial charge in [0.05, 0.1) is 5.41 Å². The summed E-state index contributed by atoms with van der Waals surface area (Å²) in [7, 11) is 5.46. The highest BCUT2D eigenvalue weighted by Crippen LogP contribution is 2.38. The average Bonchev–Trinajstić information content (AvgIpc) is 3.08. The molecule has 2 N–H and O–H groups in total. The number of aromatic nitrogens is 1. The number of nitrogens with one attached hydrogen (secondary N) is 2. The maximum absolute atomic E-state index is 12.7. The molecule has 0 spiro atoms. The van der Waals surface area contributed by atoms with Crippen molar-refractivity contribution in [2.75, 3.05) is 45.7 Å². The van der Waals surface area contributed by atoms with Crippen molar-refractivity contribution < 1.29 is 4.79 Å². The quantitative estimate of drug-likeness (QED) is 0.328. The normalized spacial score (nSPS) is 18.7. The Balaban J connectivity index is 0.00000341. The van der Waals surface area contributed by atoms with Crippen LogP contribution in [0.1, 0.15) is 56.9 Å². The van der Waals surface area contributed by atoms with Crippen LogP contribution in [-0.4, -0.2) is 62.5 Å². The molecule has 8 heteroatoms. The number of guanidine groups is 1. The summed E-state index contributed by atoms with van der Waals surface area (Å²) in [5.74, 6) is 2.02. The van der Waals surface area contributed by atoms with Crippen molar-refractivity contribution in [3.63, 3.8) is 0 Å². The molecule has 0 aromatic carbocycles. The van der Waals surface area contributed by atoms with Crippen LogP contribution in [0.15, 0.2) is 23.3 Å². The van der Waals surface area contributed by atoms with Crippen molar-refractivity contribution in [1.82, 2.24) is 20.5 Å². The number of halogens is 1. The summed E-state index contributed by atoms with van der Waals surface area (Å²) in [4.78, 5) is 25.9. The Morgan fingerprint density at radius 3 is 2.32 bits per heavy atom. The molecule has 1 aromatic heterocycles. The molecular formula is C23H39IN6O. The van der Waals surface area contributed by atoms with Gasteiger partial charge in [-0.1, -0.05) is 31.7 Å². The number of aliphatic imine (C=N–C) groups is 1. The highest BCUT2D eigenvalue weighted by Gasteiger charge is 2.42. The third-order valence-electron chi connectivity index (χ3n) is 6.44. The largest absolute Gasteiger partial charge is 0.357 e. The van der Waals surface area contributed by atoms with Crippen LogP contribution in [-0.2, 0) is 11.3 Å². The maximum Gasteiger partial charge on any atom is 0.230 e. The molecule has 7 nitrogen and oxygen atoms in total. The molecule has 2 heterocycles. The smallest absolute Gasteiger partial charge is 0.230 e. The molecule has 1 saturated heterocycles. The SMILES string of the molecule is CN=C(NCc1ccc(N2CCCCCC2)nc1)NCC1(C(=O)N(C)C)CCCC1.I. The van der Waals surface area contributed by atoms with Crippen molar-refractivity contribution >= 4 is 41.7 Å². The van der Waals surface area contributed by atoms with E-state index in [1.165, 1.54) is 25.7 Å². The van der Waals surface area contributed by atoms with Crippen molar-refractivity contribution in [2.45, 2.75) is 57.9 Å². The molecule has 0 unspecified atom stereocenters. The zero-order valence-corrected chi connectivity index (χ0v) is 21.7. The molecule has 0 atom stereocenters. The summed E-state index contributed by atoms with van der Waals surface area (Å²) in [5.41, 5.74) is 0.814. The van der Waals surface area contributed by atoms with Gasteiger partial charge in [-0.25, -0.2) is 4.98 Å². The molecule has 1 amide bonds. The van der Waals surface area contributed by atoms with Crippen LogP contribution in [0.3, 0.4) is 0 Å². The fourth-order valence-corrected chi connectivity index (χ4v) is 4.66. The first-order valence-electron chi connectivity index (χ1n) is 11.4. The summed E-state index contributed by atoms with van der Waals surface area (Å²) in [5, 5.41) is 6.76. The van der Waals surface area contributed by atoms with Crippen molar-refractivity contribution in [2.24, 2.45) is 10.4 Å². The minimum Gasteiger partial charge on any atom is -0.357 e. The molecule has 0 radical (unpaired) electrons. The average molecular weight is 543 g/mol. The topological polar surface area (TPSA) is 72.9 Å². The van der Waals surface area contributed by atoms with Crippen LogP contribution in [0.5, 0.6) is 0 Å². The molecule has 1 aromatic rings. The fraction of sp³-hybridized carbons (Fsp3) is 0.696. The van der Waals surface area contributed by atoms with E-state index in [0.29, 0.717) is 13.1 Å². The number of hydrogen-bond acceptors (Lipinski definition) is 4. The second-order valence-electron chi connectivity index (χ2n) is 8.89. The lowest BCUT2D eigenvalue weighted by Gasteiger charge is -2.31. The number of hydrogen-bond donors (Lipinski definition) is 2. The van der Waals surface area contributed by atoms with E-state index in [1.807, 2.05) is 20.3 Å². The van der Waals surface area contributed by atoms with Crippen LogP contribution < -0.4 is 15.5 Å². The number of anilines is 1. The summed E-state index contributed by atoms with van der Waals surface area (Å²) in [6.45, 7) is 3.49. The fourth-order valence-electron chi connectivity index (χ4n) is 4.66. The van der Waals surface area contributed by atoms with Crippen LogP contribution in [0.4, 0.5) is 5.82 Å². The van der Waals surface area contributed by atoms with E-state index in [2.05, 4.69) is 37.6 Å². The number of rotatable bonds is 6. The maximum atomic E-state index is 12.7. The number of nitrogens with zero attached hydrogens (tertiary/aromatic N) is 4. The standard InChI is InChI=1S/C23H38N6O.HI/c1-24-22(27-18-23(12-6-7-13-23)21(30)28(2)3)26-17-19-10-11-20(25-16-19)29-14-8-4-5-9-15-29;/h10-11,16H,4-9,12-15,17-18H2,1-3H3,(H2,24,26,27);1H. The lowest BCUT2D eigenvalue weighted by Crippen LogP contribution is -2.49. The van der Waals surface area contributed by atoms with E-state index >= 15 is 0 Å². The van der Waals surface area contributed by atoms with Gasteiger partial charge in [-0.2, -0.15) is 0 Å². The van der Waals surface area contributed by atoms with Crippen LogP contribution in [0.25, 0.3) is 0 Å². The Morgan fingerprint density at radius 2 is 1.77 bits per heavy atom. The highest BCUT2D eigenvalue weighted by atomic mass is 127. The summed E-state index contributed by atoms with van der Waals surface area (Å²) in [6.07, 6.45) is 11.2. The molecule has 1 aliphatic heterocycles. The van der Waals surface area contributed by atoms with Crippen LogP contribution in [0.2, 0.25) is 0 Å². The van der Waals surface area contributed by atoms with Crippen molar-refractivity contribution in [1.29, 1.82) is 0 Å². The van der Waals surface area contributed by atoms with Gasteiger partial charge in [0, 0.05) is 53.5 Å². The summed E-state index contributed by atoms with van der Waals surface area (Å²) < 4.78 is 0. The van der Waals surface area contributed by atoms with E-state index in [4.69, 9.17) is 0 Å². The van der Waals surface area contributed by atoms with Gasteiger partial charge < -0.3 is 20.4 Å². The van der Waals surface area contributed by atoms with Gasteiger partial charge in [0.2, 0.25) is 5.91 Å². The minimum atomic E-state index is -0.308. The van der Waals surface area contributed by atoms with Crippen molar-refractivity contribution in [3.8, 4) is 0 Å². The first-order valence-corrected chi connectivity index (χ1v) is 11.4. The zero-order valence-electron chi connectivity index (χ0n) is 19.3. The molecule has 2 aliphatic rings. The lowest BCUT2D eigenvalue weighted by molar-refractivity contribution is -0.138. The number of carbonyl (C=O) groups excluding carboxylic acids is 1. The van der Waals surface area contributed by atoms with E-state index in [9.17, 15) is 4.79 Å². The molecular weight excluding hydrogens is 503 g/mol. The van der Waals surface area contributed by atoms with E-state index in [-0.39, 0.29) is 35.3 Å². The third-order valence-corrected chi connectivity index (χ3v) is 6.44. The first kappa shape index (κ1) is 25.7. The summed E-state index contributed by atoms with van der Waals surface area (Å²) in [6, 6.07) is 4.27. The predicted molar refractivity (Wildman–Crippen MR) is 138 cm³/mol. The Labute approximate surface area is 204 Å². The van der Waals surface area contributed by atoms with E-state index in [0.717, 1.165) is 56.1 Å². The minimum absolute atomic E-state index is 0. The van der Waals surface area contributed by atoms with Gasteiger partial charge in [0.25, 0.3) is 0 Å². The Kier molecular flexibility index (Phi) is 10.3. The molecule has 1 saturated carbocycles. The number of pyridine rings is 1. The first-order chi connectivity index (χ1) is 14.5. The number of carbonyl (C=O) groups is 1. The third kappa shape index (κ3) is 6.95. The van der Waals surface area contributed by atoms with Crippen LogP contribution in [0, 0.1) is 5.41 Å². The second-order valence-corrected chi connectivity index (χ2v) is 8.89. The Morgan fingerprint density at radius 1 is 1.10 bits per heavy atom. The van der Waals surface area contributed by atoms with Gasteiger partial charge in [-0.3, -0.25) is 9.79 Å². The predicted octanol–water partition coefficient (Wildman–Crippen LogP) is 3.39. The second kappa shape index (κ2) is 12.5. The van der Waals surface area contributed by atoms with Gasteiger partial charge in [0.15, 0.2) is 5.96 Å².